The van der Waals surface area contributed by atoms with Gasteiger partial charge in [-0.15, -0.1) is 0 Å². The van der Waals surface area contributed by atoms with Crippen molar-refractivity contribution >= 4 is 56.6 Å². The Morgan fingerprint density at radius 2 is 1.65 bits per heavy atom. The Labute approximate surface area is 230 Å². The molecule has 208 valence electrons. The van der Waals surface area contributed by atoms with E-state index in [9.17, 15) is 36.0 Å². The Kier molecular flexibility index (Phi) is 6.70. The fourth-order valence-electron chi connectivity index (χ4n) is 4.31. The average Bonchev–Trinajstić information content (AvgIpc) is 3.67. The molecule has 2 heterocycles. The molecule has 0 unspecified atom stereocenters. The van der Waals surface area contributed by atoms with Crippen molar-refractivity contribution in [2.45, 2.75) is 35.3 Å². The highest BCUT2D eigenvalue weighted by molar-refractivity contribution is 7.92. The van der Waals surface area contributed by atoms with E-state index in [0.29, 0.717) is 41.2 Å². The number of nitrogens with zero attached hydrogens (tertiary/aromatic N) is 3. The smallest absolute Gasteiger partial charge is 0.308 e. The van der Waals surface area contributed by atoms with E-state index in [-0.39, 0.29) is 18.1 Å². The normalized spacial score (nSPS) is 16.4. The molecule has 1 saturated heterocycles. The summed E-state index contributed by atoms with van der Waals surface area (Å²) in [5, 5.41) is 5.72. The highest BCUT2D eigenvalue weighted by Crippen LogP contribution is 2.49. The number of carbonyl (C=O) groups is 3. The van der Waals surface area contributed by atoms with E-state index in [0.717, 1.165) is 17.0 Å². The predicted molar refractivity (Wildman–Crippen MR) is 138 cm³/mol. The van der Waals surface area contributed by atoms with E-state index >= 15 is 0 Å². The molecule has 0 atom stereocenters. The lowest BCUT2D eigenvalue weighted by Crippen LogP contribution is -2.36. The number of sulfone groups is 1. The molecule has 0 radical (unpaired) electrons. The molecule has 2 aromatic carbocycles. The Hall–Kier alpha value is -4.17. The average molecular weight is 594 g/mol. The minimum Gasteiger partial charge on any atom is -0.308 e. The molecular formula is C25H19ClF3N5O5S. The van der Waals surface area contributed by atoms with Crippen molar-refractivity contribution in [3.05, 3.63) is 77.4 Å². The number of amides is 5. The maximum absolute atomic E-state index is 13.3. The highest BCUT2D eigenvalue weighted by Gasteiger charge is 2.65. The Bertz CT molecular complexity index is 1610. The predicted octanol–water partition coefficient (Wildman–Crippen LogP) is 5.17. The van der Waals surface area contributed by atoms with Crippen LogP contribution in [-0.2, 0) is 21.2 Å². The Morgan fingerprint density at radius 3 is 2.25 bits per heavy atom. The maximum atomic E-state index is 13.3. The summed E-state index contributed by atoms with van der Waals surface area (Å²) in [7, 11) is -5.58. The fraction of sp³-hybridized carbons (Fsp3) is 0.200. The summed E-state index contributed by atoms with van der Waals surface area (Å²) in [6.45, 7) is -0.0163. The van der Waals surface area contributed by atoms with E-state index in [1.54, 1.807) is 30.3 Å². The number of aromatic nitrogens is 1. The second-order valence-corrected chi connectivity index (χ2v) is 11.5. The number of urea groups is 2. The van der Waals surface area contributed by atoms with Crippen molar-refractivity contribution in [1.82, 2.24) is 9.88 Å². The molecule has 1 spiro atoms. The van der Waals surface area contributed by atoms with Crippen LogP contribution in [0.1, 0.15) is 18.4 Å². The second-order valence-electron chi connectivity index (χ2n) is 9.12. The third-order valence-corrected chi connectivity index (χ3v) is 8.24. The number of pyridine rings is 1. The van der Waals surface area contributed by atoms with Crippen molar-refractivity contribution in [2.75, 3.05) is 15.5 Å². The zero-order valence-corrected chi connectivity index (χ0v) is 21.8. The van der Waals surface area contributed by atoms with Gasteiger partial charge in [0.05, 0.1) is 10.6 Å². The summed E-state index contributed by atoms with van der Waals surface area (Å²) in [5.74, 6) is -0.372. The number of benzene rings is 2. The standard InChI is InChI=1S/C25H19ClF3N5O5S/c26-16-1-3-17(4-2-16)31-22(36)32-20-13-15(9-12-30-20)14-33-23(37)34(21(35)24(33)10-11-24)18-5-7-19(8-6-18)40(38,39)25(27,28)29/h1-9,12-13H,10-11,14H2,(H2,30,31,32,36). The summed E-state index contributed by atoms with van der Waals surface area (Å²) in [6.07, 6.45) is 2.19. The summed E-state index contributed by atoms with van der Waals surface area (Å²) in [6, 6.07) is 11.7. The van der Waals surface area contributed by atoms with Crippen molar-refractivity contribution in [1.29, 1.82) is 0 Å². The SMILES string of the molecule is O=C(Nc1ccc(Cl)cc1)Nc1cc(CN2C(=O)N(c3ccc(S(=O)(=O)C(F)(F)F)cc3)C(=O)C23CC3)ccn1. The lowest BCUT2D eigenvalue weighted by Gasteiger charge is -2.21. The lowest BCUT2D eigenvalue weighted by molar-refractivity contribution is -0.120. The molecule has 1 aliphatic heterocycles. The molecule has 0 bridgehead atoms. The number of carbonyl (C=O) groups excluding carboxylic acids is 3. The first-order chi connectivity index (χ1) is 18.8. The number of hydrogen-bond acceptors (Lipinski definition) is 6. The zero-order chi connectivity index (χ0) is 28.9. The van der Waals surface area contributed by atoms with Gasteiger partial charge in [-0.25, -0.2) is 27.9 Å². The number of nitrogens with one attached hydrogen (secondary N) is 2. The van der Waals surface area contributed by atoms with E-state index in [4.69, 9.17) is 11.6 Å². The summed E-state index contributed by atoms with van der Waals surface area (Å²) in [5.41, 5.74) is -5.61. The van der Waals surface area contributed by atoms with Crippen LogP contribution >= 0.6 is 11.6 Å². The Morgan fingerprint density at radius 1 is 1.00 bits per heavy atom. The molecule has 2 N–H and O–H groups in total. The number of anilines is 3. The van der Waals surface area contributed by atoms with Crippen molar-refractivity contribution in [3.8, 4) is 0 Å². The third-order valence-electron chi connectivity index (χ3n) is 6.48. The van der Waals surface area contributed by atoms with Crippen LogP contribution in [0, 0.1) is 0 Å². The Balaban J connectivity index is 1.31. The topological polar surface area (TPSA) is 129 Å². The van der Waals surface area contributed by atoms with Gasteiger partial charge >= 0.3 is 17.6 Å². The van der Waals surface area contributed by atoms with Gasteiger partial charge in [-0.05, 0) is 79.1 Å². The van der Waals surface area contributed by atoms with Crippen molar-refractivity contribution in [2.24, 2.45) is 0 Å². The van der Waals surface area contributed by atoms with Crippen molar-refractivity contribution < 1.29 is 36.0 Å². The van der Waals surface area contributed by atoms with Gasteiger partial charge in [0.25, 0.3) is 15.7 Å². The zero-order valence-electron chi connectivity index (χ0n) is 20.3. The number of halogens is 4. The number of alkyl halides is 3. The highest BCUT2D eigenvalue weighted by atomic mass is 35.5. The molecule has 3 aromatic rings. The quantitative estimate of drug-likeness (QED) is 0.379. The molecule has 1 saturated carbocycles. The molecule has 10 nitrogen and oxygen atoms in total. The first-order valence-corrected chi connectivity index (χ1v) is 13.5. The molecule has 5 rings (SSSR count). The monoisotopic (exact) mass is 593 g/mol. The van der Waals surface area contributed by atoms with Crippen LogP contribution in [0.25, 0.3) is 0 Å². The third kappa shape index (κ3) is 4.95. The number of imide groups is 1. The molecule has 1 aliphatic carbocycles. The molecule has 2 aliphatic rings. The van der Waals surface area contributed by atoms with Crippen LogP contribution in [0.2, 0.25) is 5.02 Å². The van der Waals surface area contributed by atoms with Crippen LogP contribution in [0.5, 0.6) is 0 Å². The van der Waals surface area contributed by atoms with Gasteiger partial charge in [-0.3, -0.25) is 10.1 Å². The number of rotatable bonds is 6. The summed E-state index contributed by atoms with van der Waals surface area (Å²) < 4.78 is 61.9. The van der Waals surface area contributed by atoms with E-state index < -0.39 is 43.7 Å². The molecular weight excluding hydrogens is 575 g/mol. The van der Waals surface area contributed by atoms with Gasteiger partial charge in [-0.1, -0.05) is 11.6 Å². The van der Waals surface area contributed by atoms with E-state index in [1.165, 1.54) is 17.2 Å². The van der Waals surface area contributed by atoms with Gasteiger partial charge in [0.2, 0.25) is 0 Å². The second kappa shape index (κ2) is 9.78. The van der Waals surface area contributed by atoms with Crippen LogP contribution in [0.3, 0.4) is 0 Å². The van der Waals surface area contributed by atoms with Gasteiger partial charge in [0, 0.05) is 23.5 Å². The van der Waals surface area contributed by atoms with Crippen LogP contribution < -0.4 is 15.5 Å². The van der Waals surface area contributed by atoms with Gasteiger partial charge in [0.1, 0.15) is 11.4 Å². The van der Waals surface area contributed by atoms with Gasteiger partial charge in [0.15, 0.2) is 0 Å². The molecule has 15 heteroatoms. The van der Waals surface area contributed by atoms with Gasteiger partial charge in [-0.2, -0.15) is 13.2 Å². The minimum absolute atomic E-state index is 0.0163. The first-order valence-electron chi connectivity index (χ1n) is 11.7. The van der Waals surface area contributed by atoms with Crippen LogP contribution in [-0.4, -0.2) is 47.3 Å². The van der Waals surface area contributed by atoms with Crippen LogP contribution in [0.4, 0.5) is 40.0 Å². The molecule has 5 amide bonds. The van der Waals surface area contributed by atoms with E-state index in [2.05, 4.69) is 15.6 Å². The molecule has 1 aromatic heterocycles. The summed E-state index contributed by atoms with van der Waals surface area (Å²) in [4.78, 5) is 44.2. The van der Waals surface area contributed by atoms with Crippen molar-refractivity contribution in [3.63, 3.8) is 0 Å². The molecule has 40 heavy (non-hydrogen) atoms. The van der Waals surface area contributed by atoms with Gasteiger partial charge < -0.3 is 10.2 Å². The first kappa shape index (κ1) is 27.4. The molecule has 2 fully saturated rings. The minimum atomic E-state index is -5.58. The largest absolute Gasteiger partial charge is 0.501 e. The van der Waals surface area contributed by atoms with Crippen LogP contribution in [0.15, 0.2) is 71.8 Å². The summed E-state index contributed by atoms with van der Waals surface area (Å²) >= 11 is 5.84. The van der Waals surface area contributed by atoms with E-state index in [1.807, 2.05) is 0 Å². The maximum Gasteiger partial charge on any atom is 0.501 e. The lowest BCUT2D eigenvalue weighted by atomic mass is 10.2. The number of hydrogen-bond donors (Lipinski definition) is 2. The fourth-order valence-corrected chi connectivity index (χ4v) is 5.19.